The Morgan fingerprint density at radius 1 is 0.611 bits per heavy atom. The Hall–Kier alpha value is -1.64. The summed E-state index contributed by atoms with van der Waals surface area (Å²) in [7, 11) is 4.88. The Bertz CT molecular complexity index is 828. The summed E-state index contributed by atoms with van der Waals surface area (Å²) in [6, 6.07) is 18.0. The van der Waals surface area contributed by atoms with Gasteiger partial charge in [-0.2, -0.15) is 0 Å². The molecular weight excluding hydrogens is 438 g/mol. The van der Waals surface area contributed by atoms with Crippen LogP contribution in [0.2, 0.25) is 0 Å². The van der Waals surface area contributed by atoms with E-state index in [1.54, 1.807) is 0 Å². The van der Waals surface area contributed by atoms with Crippen molar-refractivity contribution in [3.63, 3.8) is 0 Å². The van der Waals surface area contributed by atoms with Gasteiger partial charge in [-0.25, -0.2) is 0 Å². The van der Waals surface area contributed by atoms with Gasteiger partial charge in [0.1, 0.15) is 5.54 Å². The fourth-order valence-corrected chi connectivity index (χ4v) is 5.80. The van der Waals surface area contributed by atoms with Gasteiger partial charge in [0, 0.05) is 11.1 Å². The van der Waals surface area contributed by atoms with Crippen molar-refractivity contribution in [2.75, 3.05) is 20.6 Å². The largest absolute Gasteiger partial charge is 0.870 e. The van der Waals surface area contributed by atoms with Crippen LogP contribution in [0.15, 0.2) is 48.5 Å². The Morgan fingerprint density at radius 3 is 1.58 bits per heavy atom. The lowest BCUT2D eigenvalue weighted by Gasteiger charge is -2.48. The lowest BCUT2D eigenvalue weighted by Crippen LogP contribution is -2.57. The van der Waals surface area contributed by atoms with E-state index in [0.29, 0.717) is 0 Å². The summed E-state index contributed by atoms with van der Waals surface area (Å²) >= 11 is 0. The monoisotopic (exact) mass is 495 g/mol. The van der Waals surface area contributed by atoms with E-state index in [1.807, 2.05) is 0 Å². The zero-order valence-corrected chi connectivity index (χ0v) is 24.6. The number of nitrogens with zero attached hydrogens (tertiary/aromatic N) is 1. The molecule has 2 rings (SSSR count). The molecule has 0 spiro atoms. The van der Waals surface area contributed by atoms with Crippen molar-refractivity contribution in [3.05, 3.63) is 70.8 Å². The predicted molar refractivity (Wildman–Crippen MR) is 158 cm³/mol. The van der Waals surface area contributed by atoms with E-state index in [2.05, 4.69) is 90.3 Å². The zero-order chi connectivity index (χ0) is 25.6. The smallest absolute Gasteiger partial charge is 0.147 e. The lowest BCUT2D eigenvalue weighted by atomic mass is 9.78. The summed E-state index contributed by atoms with van der Waals surface area (Å²) in [5, 5.41) is 0. The van der Waals surface area contributed by atoms with Crippen molar-refractivity contribution in [3.8, 4) is 0 Å². The molecule has 1 unspecified atom stereocenters. The third-order valence-electron chi connectivity index (χ3n) is 8.75. The maximum absolute atomic E-state index is 2.47. The van der Waals surface area contributed by atoms with Crippen molar-refractivity contribution in [2.45, 2.75) is 123 Å². The highest BCUT2D eigenvalue weighted by atomic mass is 16.0. The molecule has 0 aliphatic heterocycles. The highest BCUT2D eigenvalue weighted by molar-refractivity contribution is 5.43. The van der Waals surface area contributed by atoms with Gasteiger partial charge in [0.25, 0.3) is 0 Å². The van der Waals surface area contributed by atoms with Crippen molar-refractivity contribution in [1.82, 2.24) is 0 Å². The minimum Gasteiger partial charge on any atom is -0.870 e. The van der Waals surface area contributed by atoms with E-state index in [-0.39, 0.29) is 11.0 Å². The van der Waals surface area contributed by atoms with Crippen molar-refractivity contribution in [2.24, 2.45) is 0 Å². The van der Waals surface area contributed by atoms with Gasteiger partial charge in [-0.05, 0) is 44.7 Å². The van der Waals surface area contributed by atoms with Gasteiger partial charge in [0.2, 0.25) is 0 Å². The first-order chi connectivity index (χ1) is 16.8. The summed E-state index contributed by atoms with van der Waals surface area (Å²) in [4.78, 5) is 0. The van der Waals surface area contributed by atoms with Gasteiger partial charge < -0.3 is 9.96 Å². The number of rotatable bonds is 18. The molecule has 0 saturated carbocycles. The molecule has 0 fully saturated rings. The first-order valence-corrected chi connectivity index (χ1v) is 14.8. The zero-order valence-electron chi connectivity index (χ0n) is 24.6. The average Bonchev–Trinajstić information content (AvgIpc) is 2.86. The fraction of sp³-hybridized carbons (Fsp3) is 0.647. The molecule has 0 radical (unpaired) electrons. The fourth-order valence-electron chi connectivity index (χ4n) is 5.80. The highest BCUT2D eigenvalue weighted by Crippen LogP contribution is 2.41. The van der Waals surface area contributed by atoms with E-state index < -0.39 is 0 Å². The molecule has 0 saturated heterocycles. The first-order valence-electron chi connectivity index (χ1n) is 14.8. The predicted octanol–water partition coefficient (Wildman–Crippen LogP) is 9.95. The minimum absolute atomic E-state index is 0. The second-order valence-electron chi connectivity index (χ2n) is 11.7. The van der Waals surface area contributed by atoms with E-state index in [0.717, 1.165) is 4.48 Å². The molecule has 0 aliphatic rings. The number of quaternary nitrogens is 1. The average molecular weight is 496 g/mol. The maximum atomic E-state index is 2.47. The van der Waals surface area contributed by atoms with Crippen LogP contribution in [0.25, 0.3) is 0 Å². The molecule has 2 nitrogen and oxygen atoms in total. The second kappa shape index (κ2) is 17.0. The summed E-state index contributed by atoms with van der Waals surface area (Å²) in [5.41, 5.74) is 5.66. The lowest BCUT2D eigenvalue weighted by molar-refractivity contribution is -0.941. The number of benzene rings is 2. The van der Waals surface area contributed by atoms with E-state index in [4.69, 9.17) is 0 Å². The van der Waals surface area contributed by atoms with Crippen LogP contribution in [-0.4, -0.2) is 30.6 Å². The SMILES string of the molecule is CCCCCCCCCCCCCCCC[N+](C)(C)C(C)(c1ccccc1)c1cccc(C)c1C.[OH-]. The van der Waals surface area contributed by atoms with Crippen molar-refractivity contribution < 1.29 is 9.96 Å². The number of hydrogen-bond donors (Lipinski definition) is 0. The van der Waals surface area contributed by atoms with Crippen LogP contribution in [0.3, 0.4) is 0 Å². The maximum Gasteiger partial charge on any atom is 0.147 e. The third kappa shape index (κ3) is 9.34. The van der Waals surface area contributed by atoms with Gasteiger partial charge in [0.15, 0.2) is 0 Å². The molecule has 2 heteroatoms. The second-order valence-corrected chi connectivity index (χ2v) is 11.7. The Morgan fingerprint density at radius 2 is 1.08 bits per heavy atom. The quantitative estimate of drug-likeness (QED) is 0.149. The molecular formula is C34H57NO. The van der Waals surface area contributed by atoms with E-state index in [9.17, 15) is 0 Å². The molecule has 0 aliphatic carbocycles. The number of hydrogen-bond acceptors (Lipinski definition) is 1. The van der Waals surface area contributed by atoms with Crippen LogP contribution in [0, 0.1) is 13.8 Å². The van der Waals surface area contributed by atoms with Gasteiger partial charge >= 0.3 is 0 Å². The molecule has 2 aromatic carbocycles. The van der Waals surface area contributed by atoms with Gasteiger partial charge in [0.05, 0.1) is 20.6 Å². The summed E-state index contributed by atoms with van der Waals surface area (Å²) in [6.45, 7) is 10.5. The topological polar surface area (TPSA) is 30.0 Å². The summed E-state index contributed by atoms with van der Waals surface area (Å²) in [5.74, 6) is 0. The Balaban J connectivity index is 0.00000648. The molecule has 0 heterocycles. The van der Waals surface area contributed by atoms with Gasteiger partial charge in [-0.3, -0.25) is 0 Å². The molecule has 0 amide bonds. The molecule has 2 aromatic rings. The van der Waals surface area contributed by atoms with Crippen LogP contribution >= 0.6 is 0 Å². The van der Waals surface area contributed by atoms with E-state index in [1.165, 1.54) is 119 Å². The van der Waals surface area contributed by atoms with Crippen LogP contribution in [0.4, 0.5) is 0 Å². The number of aryl methyl sites for hydroxylation is 1. The van der Waals surface area contributed by atoms with Crippen LogP contribution in [0.1, 0.15) is 126 Å². The van der Waals surface area contributed by atoms with Gasteiger partial charge in [-0.1, -0.05) is 133 Å². The van der Waals surface area contributed by atoms with Crippen molar-refractivity contribution >= 4 is 0 Å². The minimum atomic E-state index is -0.0616. The van der Waals surface area contributed by atoms with Crippen LogP contribution in [-0.2, 0) is 5.54 Å². The molecule has 204 valence electrons. The standard InChI is InChI=1S/C34H56N.H2O/c1-7-8-9-10-11-12-13-14-15-16-17-18-19-23-29-35(5,6)34(4,32-26-21-20-22-27-32)33-28-24-25-30(2)31(33)3;/h20-22,24-28H,7-19,23,29H2,1-6H3;1H2/q+1;/p-1. The molecule has 0 aromatic heterocycles. The normalized spacial score (nSPS) is 13.3. The van der Waals surface area contributed by atoms with Crippen molar-refractivity contribution in [1.29, 1.82) is 0 Å². The van der Waals surface area contributed by atoms with Gasteiger partial charge in [-0.15, -0.1) is 0 Å². The Kier molecular flexibility index (Phi) is 15.3. The third-order valence-corrected chi connectivity index (χ3v) is 8.75. The van der Waals surface area contributed by atoms with Crippen LogP contribution in [0.5, 0.6) is 0 Å². The molecule has 1 atom stereocenters. The highest BCUT2D eigenvalue weighted by Gasteiger charge is 2.45. The molecule has 1 N–H and O–H groups in total. The summed E-state index contributed by atoms with van der Waals surface area (Å²) in [6.07, 6.45) is 19.8. The molecule has 36 heavy (non-hydrogen) atoms. The number of unbranched alkanes of at least 4 members (excludes halogenated alkanes) is 13. The Labute approximate surface area is 224 Å². The summed E-state index contributed by atoms with van der Waals surface area (Å²) < 4.78 is 0.986. The molecule has 0 bridgehead atoms. The van der Waals surface area contributed by atoms with E-state index >= 15 is 0 Å². The first kappa shape index (κ1) is 32.4. The van der Waals surface area contributed by atoms with Crippen LogP contribution < -0.4 is 0 Å².